The number of nitrogens with zero attached hydrogens (tertiary/aromatic N) is 2. The first-order chi connectivity index (χ1) is 12.0. The second-order valence-electron chi connectivity index (χ2n) is 5.76. The summed E-state index contributed by atoms with van der Waals surface area (Å²) in [7, 11) is 1.56. The largest absolute Gasteiger partial charge is 0.359 e. The molecule has 1 amide bonds. The van der Waals surface area contributed by atoms with E-state index in [1.54, 1.807) is 20.0 Å². The predicted molar refractivity (Wildman–Crippen MR) is 93.9 cm³/mol. The Hall–Kier alpha value is -2.66. The van der Waals surface area contributed by atoms with Crippen LogP contribution in [0.3, 0.4) is 0 Å². The predicted octanol–water partition coefficient (Wildman–Crippen LogP) is 4.71. The number of aryl methyl sites for hydroxylation is 1. The van der Waals surface area contributed by atoms with E-state index in [9.17, 15) is 9.18 Å². The molecule has 6 heteroatoms. The minimum Gasteiger partial charge on any atom is -0.359 e. The van der Waals surface area contributed by atoms with E-state index in [2.05, 4.69) is 5.16 Å². The molecule has 1 aromatic heterocycles. The standard InChI is InChI=1S/C19H16ClFN2O2/c1-12-8-9-15(21)17(18(12)20)19(24)23(2)11-14-10-16(22-25-14)13-6-4-3-5-7-13/h3-10H,11H2,1-2H3. The van der Waals surface area contributed by atoms with Crippen molar-refractivity contribution >= 4 is 17.5 Å². The number of halogens is 2. The van der Waals surface area contributed by atoms with Gasteiger partial charge in [0.15, 0.2) is 5.76 Å². The Kier molecular flexibility index (Phi) is 4.86. The lowest BCUT2D eigenvalue weighted by atomic mass is 10.1. The lowest BCUT2D eigenvalue weighted by Gasteiger charge is -2.17. The summed E-state index contributed by atoms with van der Waals surface area (Å²) in [5.41, 5.74) is 2.10. The average Bonchev–Trinajstić information content (AvgIpc) is 3.07. The van der Waals surface area contributed by atoms with Crippen molar-refractivity contribution < 1.29 is 13.7 Å². The summed E-state index contributed by atoms with van der Waals surface area (Å²) in [5, 5.41) is 4.13. The minimum atomic E-state index is -0.644. The number of carbonyl (C=O) groups is 1. The van der Waals surface area contributed by atoms with Gasteiger partial charge in [0.05, 0.1) is 17.1 Å². The van der Waals surface area contributed by atoms with Crippen molar-refractivity contribution in [1.29, 1.82) is 0 Å². The van der Waals surface area contributed by atoms with Crippen molar-refractivity contribution in [3.8, 4) is 11.3 Å². The molecule has 4 nitrogen and oxygen atoms in total. The van der Waals surface area contributed by atoms with Crippen molar-refractivity contribution in [3.63, 3.8) is 0 Å². The van der Waals surface area contributed by atoms with Crippen LogP contribution in [-0.2, 0) is 6.54 Å². The van der Waals surface area contributed by atoms with Crippen LogP contribution < -0.4 is 0 Å². The molecule has 0 unspecified atom stereocenters. The van der Waals surface area contributed by atoms with Gasteiger partial charge < -0.3 is 9.42 Å². The summed E-state index contributed by atoms with van der Waals surface area (Å²) in [5.74, 6) is -0.655. The van der Waals surface area contributed by atoms with Crippen LogP contribution in [0.1, 0.15) is 21.7 Å². The molecule has 0 aliphatic rings. The smallest absolute Gasteiger partial charge is 0.258 e. The summed E-state index contributed by atoms with van der Waals surface area (Å²) < 4.78 is 19.3. The molecular formula is C19H16ClFN2O2. The third kappa shape index (κ3) is 3.56. The van der Waals surface area contributed by atoms with E-state index in [0.717, 1.165) is 5.56 Å². The SMILES string of the molecule is Cc1ccc(F)c(C(=O)N(C)Cc2cc(-c3ccccc3)no2)c1Cl. The van der Waals surface area contributed by atoms with E-state index in [1.165, 1.54) is 17.0 Å². The fourth-order valence-electron chi connectivity index (χ4n) is 2.48. The highest BCUT2D eigenvalue weighted by molar-refractivity contribution is 6.34. The van der Waals surface area contributed by atoms with Gasteiger partial charge in [-0.2, -0.15) is 0 Å². The molecule has 0 saturated carbocycles. The van der Waals surface area contributed by atoms with E-state index in [4.69, 9.17) is 16.1 Å². The van der Waals surface area contributed by atoms with Crippen molar-refractivity contribution in [1.82, 2.24) is 10.1 Å². The molecule has 25 heavy (non-hydrogen) atoms. The summed E-state index contributed by atoms with van der Waals surface area (Å²) in [6.45, 7) is 1.88. The Morgan fingerprint density at radius 2 is 1.96 bits per heavy atom. The topological polar surface area (TPSA) is 46.3 Å². The van der Waals surface area contributed by atoms with Crippen molar-refractivity contribution in [2.45, 2.75) is 13.5 Å². The van der Waals surface area contributed by atoms with Crippen LogP contribution in [0.25, 0.3) is 11.3 Å². The van der Waals surface area contributed by atoms with Gasteiger partial charge in [-0.05, 0) is 18.6 Å². The molecule has 3 rings (SSSR count). The van der Waals surface area contributed by atoms with Gasteiger partial charge in [-0.1, -0.05) is 53.2 Å². The number of rotatable bonds is 4. The summed E-state index contributed by atoms with van der Waals surface area (Å²) in [6.07, 6.45) is 0. The average molecular weight is 359 g/mol. The first-order valence-electron chi connectivity index (χ1n) is 7.68. The summed E-state index contributed by atoms with van der Waals surface area (Å²) in [4.78, 5) is 13.9. The molecule has 3 aromatic rings. The highest BCUT2D eigenvalue weighted by atomic mass is 35.5. The zero-order chi connectivity index (χ0) is 18.0. The summed E-state index contributed by atoms with van der Waals surface area (Å²) >= 11 is 6.10. The monoisotopic (exact) mass is 358 g/mol. The summed E-state index contributed by atoms with van der Waals surface area (Å²) in [6, 6.07) is 14.1. The minimum absolute atomic E-state index is 0.124. The van der Waals surface area contributed by atoms with Gasteiger partial charge in [0, 0.05) is 18.7 Å². The Balaban J connectivity index is 1.79. The number of aromatic nitrogens is 1. The Bertz CT molecular complexity index is 909. The van der Waals surface area contributed by atoms with Crippen molar-refractivity contribution in [3.05, 3.63) is 76.3 Å². The lowest BCUT2D eigenvalue weighted by Crippen LogP contribution is -2.27. The highest BCUT2D eigenvalue weighted by Crippen LogP contribution is 2.25. The normalized spacial score (nSPS) is 10.7. The molecule has 0 fully saturated rings. The maximum atomic E-state index is 14.0. The second kappa shape index (κ2) is 7.07. The zero-order valence-corrected chi connectivity index (χ0v) is 14.5. The highest BCUT2D eigenvalue weighted by Gasteiger charge is 2.22. The molecule has 1 heterocycles. The van der Waals surface area contributed by atoms with Crippen LogP contribution in [0.5, 0.6) is 0 Å². The van der Waals surface area contributed by atoms with Gasteiger partial charge in [-0.25, -0.2) is 4.39 Å². The molecular weight excluding hydrogens is 343 g/mol. The maximum absolute atomic E-state index is 14.0. The van der Waals surface area contributed by atoms with Crippen LogP contribution in [0.4, 0.5) is 4.39 Å². The first kappa shape index (κ1) is 17.2. The molecule has 0 N–H and O–H groups in total. The van der Waals surface area contributed by atoms with Crippen LogP contribution >= 0.6 is 11.6 Å². The van der Waals surface area contributed by atoms with Crippen molar-refractivity contribution in [2.75, 3.05) is 7.05 Å². The lowest BCUT2D eigenvalue weighted by molar-refractivity contribution is 0.0767. The first-order valence-corrected chi connectivity index (χ1v) is 8.06. The quantitative estimate of drug-likeness (QED) is 0.678. The van der Waals surface area contributed by atoms with E-state index in [0.29, 0.717) is 17.0 Å². The van der Waals surface area contributed by atoms with Crippen LogP contribution in [0.2, 0.25) is 5.02 Å². The number of hydrogen-bond donors (Lipinski definition) is 0. The van der Waals surface area contributed by atoms with E-state index >= 15 is 0 Å². The van der Waals surface area contributed by atoms with Crippen LogP contribution in [0.15, 0.2) is 53.1 Å². The molecule has 128 valence electrons. The Labute approximate surface area is 149 Å². The van der Waals surface area contributed by atoms with Crippen LogP contribution in [0, 0.1) is 12.7 Å². The van der Waals surface area contributed by atoms with Gasteiger partial charge in [-0.3, -0.25) is 4.79 Å². The van der Waals surface area contributed by atoms with Crippen molar-refractivity contribution in [2.24, 2.45) is 0 Å². The van der Waals surface area contributed by atoms with Gasteiger partial charge in [0.25, 0.3) is 5.91 Å². The maximum Gasteiger partial charge on any atom is 0.258 e. The third-order valence-corrected chi connectivity index (χ3v) is 4.35. The fourth-order valence-corrected chi connectivity index (χ4v) is 2.72. The molecule has 0 spiro atoms. The number of carbonyl (C=O) groups excluding carboxylic acids is 1. The zero-order valence-electron chi connectivity index (χ0n) is 13.8. The third-order valence-electron chi connectivity index (χ3n) is 3.87. The van der Waals surface area contributed by atoms with E-state index < -0.39 is 11.7 Å². The molecule has 0 saturated heterocycles. The Morgan fingerprint density at radius 1 is 1.24 bits per heavy atom. The number of benzene rings is 2. The molecule has 0 radical (unpaired) electrons. The molecule has 0 bridgehead atoms. The molecule has 0 aliphatic heterocycles. The van der Waals surface area contributed by atoms with Gasteiger partial charge in [0.2, 0.25) is 0 Å². The van der Waals surface area contributed by atoms with E-state index in [1.807, 2.05) is 30.3 Å². The van der Waals surface area contributed by atoms with Gasteiger partial charge in [-0.15, -0.1) is 0 Å². The van der Waals surface area contributed by atoms with E-state index in [-0.39, 0.29) is 17.1 Å². The number of hydrogen-bond acceptors (Lipinski definition) is 3. The second-order valence-corrected chi connectivity index (χ2v) is 6.14. The molecule has 0 atom stereocenters. The van der Waals surface area contributed by atoms with Gasteiger partial charge >= 0.3 is 0 Å². The van der Waals surface area contributed by atoms with Gasteiger partial charge in [0.1, 0.15) is 11.5 Å². The van der Waals surface area contributed by atoms with Crippen LogP contribution in [-0.4, -0.2) is 23.0 Å². The number of amides is 1. The molecule has 2 aromatic carbocycles. The fraction of sp³-hybridized carbons (Fsp3) is 0.158. The Morgan fingerprint density at radius 3 is 2.68 bits per heavy atom. The molecule has 0 aliphatic carbocycles.